The Bertz CT molecular complexity index is 606. The van der Waals surface area contributed by atoms with Crippen molar-refractivity contribution in [1.82, 2.24) is 0 Å². The van der Waals surface area contributed by atoms with Crippen molar-refractivity contribution in [3.8, 4) is 0 Å². The molecule has 0 aliphatic rings. The minimum atomic E-state index is -2.21. The molecule has 0 N–H and O–H groups in total. The lowest BCUT2D eigenvalue weighted by Crippen LogP contribution is -2.00. The fourth-order valence-electron chi connectivity index (χ4n) is 1.41. The van der Waals surface area contributed by atoms with Gasteiger partial charge in [-0.15, -0.1) is 0 Å². The molecule has 0 fully saturated rings. The van der Waals surface area contributed by atoms with Crippen LogP contribution < -0.4 is 0 Å². The molecule has 2 aromatic carbocycles. The van der Waals surface area contributed by atoms with Crippen LogP contribution in [0.3, 0.4) is 0 Å². The van der Waals surface area contributed by atoms with Crippen LogP contribution in [0.25, 0.3) is 0 Å². The zero-order valence-electron chi connectivity index (χ0n) is 14.5. The molecule has 1 heteroatoms. The van der Waals surface area contributed by atoms with E-state index in [2.05, 4.69) is 0 Å². The zero-order chi connectivity index (χ0) is 16.5. The Hall–Kier alpha value is -1.89. The van der Waals surface area contributed by atoms with E-state index in [1.54, 1.807) is 0 Å². The molecule has 0 aromatic heterocycles. The topological polar surface area (TPSA) is 17.1 Å². The van der Waals surface area contributed by atoms with Gasteiger partial charge in [0, 0.05) is 19.4 Å². The summed E-state index contributed by atoms with van der Waals surface area (Å²) in [6.07, 6.45) is 0. The molecule has 0 saturated carbocycles. The smallest absolute Gasteiger partial charge is 0.193 e. The van der Waals surface area contributed by atoms with Gasteiger partial charge in [0.15, 0.2) is 5.78 Å². The number of benzene rings is 2. The normalized spacial score (nSPS) is 17.2. The molecule has 1 nitrogen and oxygen atoms in total. The van der Waals surface area contributed by atoms with E-state index >= 15 is 0 Å². The van der Waals surface area contributed by atoms with Crippen LogP contribution in [0.15, 0.2) is 48.5 Å². The predicted molar refractivity (Wildman–Crippen MR) is 65.8 cm³/mol. The Labute approximate surface area is 104 Å². The number of aryl methyl sites for hydroxylation is 2. The molecule has 0 spiro atoms. The number of rotatable bonds is 2. The first kappa shape index (κ1) is 5.44. The second-order valence-electron chi connectivity index (χ2n) is 3.48. The molecule has 0 saturated heterocycles. The number of carbonyl (C=O) groups excluding carboxylic acids is 1. The third-order valence-corrected chi connectivity index (χ3v) is 2.29. The molecule has 0 radical (unpaired) electrons. The van der Waals surface area contributed by atoms with Crippen molar-refractivity contribution in [3.05, 3.63) is 70.8 Å². The SMILES string of the molecule is [2H]C([2H])([2H])c1ccc(C(=O)c2ccc(C([2H])([2H])[2H])cc2)cc1. The fourth-order valence-corrected chi connectivity index (χ4v) is 1.41. The average molecular weight is 216 g/mol. The third-order valence-electron chi connectivity index (χ3n) is 2.29. The molecular weight excluding hydrogens is 196 g/mol. The van der Waals surface area contributed by atoms with Crippen molar-refractivity contribution in [3.63, 3.8) is 0 Å². The van der Waals surface area contributed by atoms with Crippen molar-refractivity contribution in [1.29, 1.82) is 0 Å². The van der Waals surface area contributed by atoms with Crippen molar-refractivity contribution in [2.45, 2.75) is 13.7 Å². The summed E-state index contributed by atoms with van der Waals surface area (Å²) >= 11 is 0. The van der Waals surface area contributed by atoms with Crippen LogP contribution in [-0.4, -0.2) is 5.78 Å². The van der Waals surface area contributed by atoms with E-state index in [1.807, 2.05) is 0 Å². The van der Waals surface area contributed by atoms with Gasteiger partial charge in [-0.2, -0.15) is 0 Å². The van der Waals surface area contributed by atoms with Gasteiger partial charge < -0.3 is 0 Å². The van der Waals surface area contributed by atoms with E-state index in [0.29, 0.717) is 11.1 Å². The second kappa shape index (κ2) is 4.31. The standard InChI is InChI=1S/C15H14O/c1-11-3-7-13(8-4-11)15(16)14-9-5-12(2)6-10-14/h3-10H,1-2H3/i1D3,2D3. The van der Waals surface area contributed by atoms with Crippen LogP contribution >= 0.6 is 0 Å². The van der Waals surface area contributed by atoms with Gasteiger partial charge >= 0.3 is 0 Å². The Kier molecular flexibility index (Phi) is 1.47. The Morgan fingerprint density at radius 3 is 1.50 bits per heavy atom. The molecule has 0 amide bonds. The summed E-state index contributed by atoms with van der Waals surface area (Å²) in [6.45, 7) is -4.41. The predicted octanol–water partition coefficient (Wildman–Crippen LogP) is 3.53. The van der Waals surface area contributed by atoms with Gasteiger partial charge in [-0.1, -0.05) is 59.7 Å². The van der Waals surface area contributed by atoms with Crippen LogP contribution in [0.5, 0.6) is 0 Å². The lowest BCUT2D eigenvalue weighted by molar-refractivity contribution is 0.103. The highest BCUT2D eigenvalue weighted by molar-refractivity contribution is 6.08. The number of carbonyl (C=O) groups is 1. The second-order valence-corrected chi connectivity index (χ2v) is 3.48. The minimum absolute atomic E-state index is 0.168. The monoisotopic (exact) mass is 216 g/mol. The molecular formula is C15H14O. The Morgan fingerprint density at radius 1 is 0.812 bits per heavy atom. The highest BCUT2D eigenvalue weighted by atomic mass is 16.1. The minimum Gasteiger partial charge on any atom is -0.289 e. The van der Waals surface area contributed by atoms with Gasteiger partial charge in [0.1, 0.15) is 0 Å². The third kappa shape index (κ3) is 2.19. The largest absolute Gasteiger partial charge is 0.289 e. The number of hydrogen-bond acceptors (Lipinski definition) is 1. The summed E-state index contributed by atoms with van der Waals surface area (Å²) in [6, 6.07) is 11.4. The van der Waals surface area contributed by atoms with Crippen molar-refractivity contribution in [2.75, 3.05) is 0 Å². The number of hydrogen-bond donors (Lipinski definition) is 0. The summed E-state index contributed by atoms with van der Waals surface area (Å²) in [4.78, 5) is 12.3. The highest BCUT2D eigenvalue weighted by Crippen LogP contribution is 2.11. The number of ketones is 1. The van der Waals surface area contributed by atoms with Gasteiger partial charge in [-0.05, 0) is 13.7 Å². The van der Waals surface area contributed by atoms with Crippen LogP contribution in [0.1, 0.15) is 35.3 Å². The summed E-state index contributed by atoms with van der Waals surface area (Å²) in [5, 5.41) is 0. The van der Waals surface area contributed by atoms with Gasteiger partial charge in [0.05, 0.1) is 0 Å². The van der Waals surface area contributed by atoms with Crippen LogP contribution in [-0.2, 0) is 0 Å². The molecule has 0 aliphatic heterocycles. The first-order valence-electron chi connectivity index (χ1n) is 7.85. The first-order chi connectivity index (χ1) is 10.1. The Morgan fingerprint density at radius 2 is 1.19 bits per heavy atom. The average Bonchev–Trinajstić information content (AvgIpc) is 2.45. The van der Waals surface area contributed by atoms with E-state index in [4.69, 9.17) is 8.22 Å². The quantitative estimate of drug-likeness (QED) is 0.702. The van der Waals surface area contributed by atoms with Gasteiger partial charge in [-0.25, -0.2) is 0 Å². The molecule has 2 aromatic rings. The van der Waals surface area contributed by atoms with E-state index in [-0.39, 0.29) is 16.9 Å². The summed E-state index contributed by atoms with van der Waals surface area (Å²) in [5.74, 6) is -0.283. The van der Waals surface area contributed by atoms with Gasteiger partial charge in [0.25, 0.3) is 0 Å². The summed E-state index contributed by atoms with van der Waals surface area (Å²) < 4.78 is 43.8. The van der Waals surface area contributed by atoms with Crippen molar-refractivity contribution >= 4 is 5.78 Å². The molecule has 0 atom stereocenters. The van der Waals surface area contributed by atoms with Crippen LogP contribution in [0.2, 0.25) is 0 Å². The Balaban J connectivity index is 2.25. The van der Waals surface area contributed by atoms with Crippen molar-refractivity contribution in [2.24, 2.45) is 0 Å². The summed E-state index contributed by atoms with van der Waals surface area (Å²) in [7, 11) is 0. The van der Waals surface area contributed by atoms with Gasteiger partial charge in [-0.3, -0.25) is 4.79 Å². The molecule has 0 unspecified atom stereocenters. The fraction of sp³-hybridized carbons (Fsp3) is 0.133. The van der Waals surface area contributed by atoms with Crippen LogP contribution in [0, 0.1) is 13.7 Å². The molecule has 16 heavy (non-hydrogen) atoms. The molecule has 2 rings (SSSR count). The highest BCUT2D eigenvalue weighted by Gasteiger charge is 2.07. The van der Waals surface area contributed by atoms with E-state index in [9.17, 15) is 4.79 Å². The molecule has 0 bridgehead atoms. The molecule has 0 aliphatic carbocycles. The molecule has 0 heterocycles. The maximum Gasteiger partial charge on any atom is 0.193 e. The maximum absolute atomic E-state index is 12.3. The van der Waals surface area contributed by atoms with E-state index < -0.39 is 13.7 Å². The van der Waals surface area contributed by atoms with Crippen LogP contribution in [0.4, 0.5) is 0 Å². The summed E-state index contributed by atoms with van der Waals surface area (Å²) in [5.41, 5.74) is 1.05. The maximum atomic E-state index is 12.3. The van der Waals surface area contributed by atoms with E-state index in [1.165, 1.54) is 48.5 Å². The van der Waals surface area contributed by atoms with Crippen molar-refractivity contribution < 1.29 is 13.0 Å². The van der Waals surface area contributed by atoms with Gasteiger partial charge in [0.2, 0.25) is 0 Å². The lowest BCUT2D eigenvalue weighted by atomic mass is 10.0. The first-order valence-corrected chi connectivity index (χ1v) is 4.85. The molecule has 80 valence electrons. The zero-order valence-corrected chi connectivity index (χ0v) is 8.53. The van der Waals surface area contributed by atoms with E-state index in [0.717, 1.165) is 0 Å². The lowest BCUT2D eigenvalue weighted by Gasteiger charge is -2.02.